The number of amides is 2. The summed E-state index contributed by atoms with van der Waals surface area (Å²) >= 11 is 0. The van der Waals surface area contributed by atoms with Crippen molar-refractivity contribution in [1.29, 1.82) is 0 Å². The Morgan fingerprint density at radius 1 is 1.22 bits per heavy atom. The van der Waals surface area contributed by atoms with Crippen molar-refractivity contribution in [2.45, 2.75) is 38.3 Å². The van der Waals surface area contributed by atoms with Crippen molar-refractivity contribution in [1.82, 2.24) is 19.6 Å². The Kier molecular flexibility index (Phi) is 4.62. The Bertz CT molecular complexity index is 889. The number of carbonyl (C=O) groups is 2. The molecule has 3 aliphatic rings. The molecule has 8 nitrogen and oxygen atoms in total. The second-order valence-corrected chi connectivity index (χ2v) is 10.3. The topological polar surface area (TPSA) is 87.9 Å². The van der Waals surface area contributed by atoms with Gasteiger partial charge < -0.3 is 4.90 Å². The van der Waals surface area contributed by atoms with Crippen LogP contribution in [0.5, 0.6) is 0 Å². The zero-order valence-electron chi connectivity index (χ0n) is 16.1. The Morgan fingerprint density at radius 2 is 1.93 bits per heavy atom. The molecule has 2 amide bonds. The largest absolute Gasteiger partial charge is 0.334 e. The third-order valence-corrected chi connectivity index (χ3v) is 7.96. The van der Waals surface area contributed by atoms with Crippen molar-refractivity contribution >= 4 is 21.5 Å². The van der Waals surface area contributed by atoms with E-state index in [0.29, 0.717) is 42.9 Å². The van der Waals surface area contributed by atoms with Crippen LogP contribution in [0.2, 0.25) is 0 Å². The fourth-order valence-corrected chi connectivity index (χ4v) is 5.39. The molecule has 2 fully saturated rings. The minimum atomic E-state index is -2.88. The zero-order valence-corrected chi connectivity index (χ0v) is 16.9. The van der Waals surface area contributed by atoms with Gasteiger partial charge in [0.15, 0.2) is 0 Å². The SMILES string of the molecule is C[C@@H]1C(C(=O)N=S(C)(=O)c2cnn3c2CN(C(=O)CN2CCC2)CC3)[C@@H]1C. The molecule has 1 saturated heterocycles. The molecule has 3 heterocycles. The number of nitrogens with zero attached hydrogens (tertiary/aromatic N) is 5. The van der Waals surface area contributed by atoms with Gasteiger partial charge in [0, 0.05) is 18.7 Å². The van der Waals surface area contributed by atoms with Crippen LogP contribution in [0.3, 0.4) is 0 Å². The number of fused-ring (bicyclic) bond motifs is 1. The summed E-state index contributed by atoms with van der Waals surface area (Å²) in [6.45, 7) is 7.96. The summed E-state index contributed by atoms with van der Waals surface area (Å²) in [5.41, 5.74) is 0.735. The third kappa shape index (κ3) is 3.42. The molecule has 0 radical (unpaired) electrons. The molecular formula is C18H27N5O3S. The molecule has 1 aromatic rings. The molecule has 2 unspecified atom stereocenters. The Balaban J connectivity index is 1.54. The standard InChI is InChI=1S/C18H27N5O3S/c1-12-13(2)17(12)18(25)20-27(3,26)15-9-19-23-8-7-22(10-14(15)23)16(24)11-21-5-4-6-21/h9,12-13,17H,4-8,10-11H2,1-3H3/t12-,13+,17?,27?. The van der Waals surface area contributed by atoms with E-state index in [1.807, 2.05) is 13.8 Å². The molecule has 1 saturated carbocycles. The smallest absolute Gasteiger partial charge is 0.257 e. The van der Waals surface area contributed by atoms with E-state index in [1.165, 1.54) is 6.26 Å². The molecule has 27 heavy (non-hydrogen) atoms. The van der Waals surface area contributed by atoms with Gasteiger partial charge in [0.1, 0.15) is 0 Å². The summed E-state index contributed by atoms with van der Waals surface area (Å²) in [5, 5.41) is 4.32. The van der Waals surface area contributed by atoms with Crippen LogP contribution in [-0.4, -0.2) is 68.0 Å². The number of carbonyl (C=O) groups excluding carboxylic acids is 2. The fraction of sp³-hybridized carbons (Fsp3) is 0.722. The van der Waals surface area contributed by atoms with Crippen molar-refractivity contribution in [3.05, 3.63) is 11.9 Å². The van der Waals surface area contributed by atoms with Gasteiger partial charge >= 0.3 is 0 Å². The number of likely N-dealkylation sites (tertiary alicyclic amines) is 1. The van der Waals surface area contributed by atoms with Gasteiger partial charge in [-0.2, -0.15) is 9.46 Å². The van der Waals surface area contributed by atoms with E-state index in [9.17, 15) is 13.8 Å². The quantitative estimate of drug-likeness (QED) is 0.756. The van der Waals surface area contributed by atoms with Crippen LogP contribution in [-0.2, 0) is 32.4 Å². The second-order valence-electron chi connectivity index (χ2n) is 8.10. The van der Waals surface area contributed by atoms with Gasteiger partial charge in [-0.05, 0) is 31.3 Å². The maximum Gasteiger partial charge on any atom is 0.257 e. The molecule has 0 spiro atoms. The van der Waals surface area contributed by atoms with Crippen molar-refractivity contribution in [3.63, 3.8) is 0 Å². The molecule has 148 valence electrons. The van der Waals surface area contributed by atoms with Gasteiger partial charge in [0.25, 0.3) is 5.91 Å². The highest BCUT2D eigenvalue weighted by molar-refractivity contribution is 7.93. The van der Waals surface area contributed by atoms with Crippen LogP contribution >= 0.6 is 0 Å². The van der Waals surface area contributed by atoms with Gasteiger partial charge in [-0.1, -0.05) is 13.8 Å². The molecule has 9 heteroatoms. The van der Waals surface area contributed by atoms with E-state index in [2.05, 4.69) is 14.4 Å². The molecule has 0 N–H and O–H groups in total. The first-order chi connectivity index (χ1) is 12.8. The molecule has 4 rings (SSSR count). The van der Waals surface area contributed by atoms with E-state index in [-0.39, 0.29) is 17.7 Å². The molecule has 0 aromatic carbocycles. The second kappa shape index (κ2) is 6.70. The maximum atomic E-state index is 13.2. The van der Waals surface area contributed by atoms with Crippen LogP contribution < -0.4 is 0 Å². The van der Waals surface area contributed by atoms with Gasteiger partial charge in [-0.25, -0.2) is 4.21 Å². The molecule has 1 aromatic heterocycles. The maximum absolute atomic E-state index is 13.2. The first-order valence-electron chi connectivity index (χ1n) is 9.59. The van der Waals surface area contributed by atoms with Crippen molar-refractivity contribution in [2.75, 3.05) is 32.4 Å². The lowest BCUT2D eigenvalue weighted by Gasteiger charge is -2.34. The summed E-state index contributed by atoms with van der Waals surface area (Å²) in [7, 11) is -2.88. The highest BCUT2D eigenvalue weighted by Gasteiger charge is 2.48. The number of rotatable bonds is 4. The van der Waals surface area contributed by atoms with Crippen LogP contribution in [0.25, 0.3) is 0 Å². The first-order valence-corrected chi connectivity index (χ1v) is 11.5. The minimum absolute atomic E-state index is 0.0874. The molecule has 2 aliphatic heterocycles. The Labute approximate surface area is 160 Å². The lowest BCUT2D eigenvalue weighted by atomic mass is 10.2. The lowest BCUT2D eigenvalue weighted by molar-refractivity contribution is -0.134. The van der Waals surface area contributed by atoms with E-state index in [0.717, 1.165) is 25.2 Å². The number of hydrogen-bond donors (Lipinski definition) is 0. The van der Waals surface area contributed by atoms with Crippen LogP contribution in [0, 0.1) is 17.8 Å². The van der Waals surface area contributed by atoms with Gasteiger partial charge in [-0.3, -0.25) is 19.2 Å². The zero-order chi connectivity index (χ0) is 19.3. The summed E-state index contributed by atoms with van der Waals surface area (Å²) < 4.78 is 19.1. The minimum Gasteiger partial charge on any atom is -0.334 e. The van der Waals surface area contributed by atoms with Crippen molar-refractivity contribution in [3.8, 4) is 0 Å². The fourth-order valence-electron chi connectivity index (χ4n) is 3.98. The normalized spacial score (nSPS) is 29.4. The third-order valence-electron chi connectivity index (χ3n) is 6.27. The summed E-state index contributed by atoms with van der Waals surface area (Å²) in [6.07, 6.45) is 4.20. The summed E-state index contributed by atoms with van der Waals surface area (Å²) in [6, 6.07) is 0. The van der Waals surface area contributed by atoms with Gasteiger partial charge in [-0.15, -0.1) is 0 Å². The van der Waals surface area contributed by atoms with Crippen molar-refractivity contribution < 1.29 is 13.8 Å². The first kappa shape index (κ1) is 18.6. The molecule has 4 atom stereocenters. The predicted molar refractivity (Wildman–Crippen MR) is 100 cm³/mol. The van der Waals surface area contributed by atoms with Crippen LogP contribution in [0.15, 0.2) is 15.5 Å². The Hall–Kier alpha value is -1.74. The monoisotopic (exact) mass is 393 g/mol. The average Bonchev–Trinajstić information content (AvgIpc) is 2.99. The molecule has 1 aliphatic carbocycles. The molecular weight excluding hydrogens is 366 g/mol. The van der Waals surface area contributed by atoms with E-state index in [1.54, 1.807) is 15.8 Å². The van der Waals surface area contributed by atoms with E-state index >= 15 is 0 Å². The highest BCUT2D eigenvalue weighted by Crippen LogP contribution is 2.46. The summed E-state index contributed by atoms with van der Waals surface area (Å²) in [4.78, 5) is 29.3. The number of aromatic nitrogens is 2. The Morgan fingerprint density at radius 3 is 2.52 bits per heavy atom. The van der Waals surface area contributed by atoms with Crippen molar-refractivity contribution in [2.24, 2.45) is 22.1 Å². The van der Waals surface area contributed by atoms with E-state index in [4.69, 9.17) is 0 Å². The molecule has 0 bridgehead atoms. The van der Waals surface area contributed by atoms with Gasteiger partial charge in [0.2, 0.25) is 5.91 Å². The average molecular weight is 394 g/mol. The van der Waals surface area contributed by atoms with Gasteiger partial charge in [0.05, 0.1) is 46.1 Å². The van der Waals surface area contributed by atoms with Crippen LogP contribution in [0.1, 0.15) is 26.0 Å². The predicted octanol–water partition coefficient (Wildman–Crippen LogP) is 0.816. The van der Waals surface area contributed by atoms with Crippen LogP contribution in [0.4, 0.5) is 0 Å². The number of hydrogen-bond acceptors (Lipinski definition) is 5. The highest BCUT2D eigenvalue weighted by atomic mass is 32.2. The van der Waals surface area contributed by atoms with E-state index < -0.39 is 9.73 Å². The lowest BCUT2D eigenvalue weighted by Crippen LogP contribution is -2.48. The summed E-state index contributed by atoms with van der Waals surface area (Å²) in [5.74, 6) is 0.291.